The fourth-order valence-electron chi connectivity index (χ4n) is 3.30. The van der Waals surface area contributed by atoms with Crippen molar-refractivity contribution in [2.75, 3.05) is 66.8 Å². The molecule has 0 fully saturated rings. The summed E-state index contributed by atoms with van der Waals surface area (Å²) in [7, 11) is 2.78. The van der Waals surface area contributed by atoms with E-state index in [4.69, 9.17) is 18.9 Å². The van der Waals surface area contributed by atoms with Crippen molar-refractivity contribution in [2.24, 2.45) is 0 Å². The lowest BCUT2D eigenvalue weighted by molar-refractivity contribution is -0.147. The molecule has 0 bridgehead atoms. The van der Waals surface area contributed by atoms with Crippen LogP contribution in [0.2, 0.25) is 0 Å². The number of ether oxygens (including phenoxy) is 4. The molecule has 0 heterocycles. The molecule has 5 atom stereocenters. The van der Waals surface area contributed by atoms with Crippen LogP contribution in [0.25, 0.3) is 0 Å². The molecular formula is C25H44N2O11. The van der Waals surface area contributed by atoms with Gasteiger partial charge in [0.15, 0.2) is 0 Å². The Morgan fingerprint density at radius 2 is 1.03 bits per heavy atom. The topological polar surface area (TPSA) is 176 Å². The van der Waals surface area contributed by atoms with Crippen molar-refractivity contribution >= 4 is 17.8 Å². The molecule has 0 aromatic heterocycles. The van der Waals surface area contributed by atoms with Crippen LogP contribution in [-0.4, -0.2) is 145 Å². The first kappa shape index (κ1) is 35.6. The van der Waals surface area contributed by atoms with Gasteiger partial charge in [-0.2, -0.15) is 0 Å². The van der Waals surface area contributed by atoms with Crippen molar-refractivity contribution in [3.05, 3.63) is 24.3 Å². The Hall–Kier alpha value is -2.39. The number of rotatable bonds is 20. The van der Waals surface area contributed by atoms with Gasteiger partial charge in [-0.1, -0.05) is 13.2 Å². The summed E-state index contributed by atoms with van der Waals surface area (Å²) < 4.78 is 19.8. The lowest BCUT2D eigenvalue weighted by atomic mass is 10.1. The Balaban J connectivity index is 5.67. The van der Waals surface area contributed by atoms with Gasteiger partial charge in [-0.05, 0) is 20.8 Å². The molecule has 0 aliphatic rings. The van der Waals surface area contributed by atoms with Crippen LogP contribution >= 0.6 is 0 Å². The fourth-order valence-corrected chi connectivity index (χ4v) is 3.30. The fraction of sp³-hybridized carbons (Fsp3) is 0.720. The number of carbonyl (C=O) groups is 3. The van der Waals surface area contributed by atoms with E-state index in [0.29, 0.717) is 0 Å². The average Bonchev–Trinajstić information content (AvgIpc) is 2.84. The predicted octanol–water partition coefficient (Wildman–Crippen LogP) is -1.52. The molecule has 13 heteroatoms. The monoisotopic (exact) mass is 548 g/mol. The Kier molecular flexibility index (Phi) is 17.6. The second-order valence-electron chi connectivity index (χ2n) is 9.16. The molecule has 5 unspecified atom stereocenters. The van der Waals surface area contributed by atoms with E-state index in [1.54, 1.807) is 0 Å². The number of carbonyl (C=O) groups excluding carboxylic acids is 3. The highest BCUT2D eigenvalue weighted by atomic mass is 16.5. The summed E-state index contributed by atoms with van der Waals surface area (Å²) in [5.74, 6) is -1.94. The Labute approximate surface area is 224 Å². The minimum Gasteiger partial charge on any atom is -0.460 e. The van der Waals surface area contributed by atoms with Gasteiger partial charge >= 0.3 is 11.9 Å². The average molecular weight is 549 g/mol. The molecule has 38 heavy (non-hydrogen) atoms. The summed E-state index contributed by atoms with van der Waals surface area (Å²) in [5.41, 5.74) is 0.304. The zero-order valence-electron chi connectivity index (χ0n) is 23.0. The molecule has 0 aliphatic heterocycles. The maximum Gasteiger partial charge on any atom is 0.333 e. The Bertz CT molecular complexity index is 776. The lowest BCUT2D eigenvalue weighted by Gasteiger charge is -2.36. The van der Waals surface area contributed by atoms with E-state index >= 15 is 0 Å². The number of aliphatic hydroxyl groups is 4. The van der Waals surface area contributed by atoms with E-state index in [1.807, 2.05) is 0 Å². The Morgan fingerprint density at radius 3 is 1.39 bits per heavy atom. The van der Waals surface area contributed by atoms with Gasteiger partial charge in [-0.3, -0.25) is 9.69 Å². The third-order valence-electron chi connectivity index (χ3n) is 5.20. The quantitative estimate of drug-likeness (QED) is 0.102. The largest absolute Gasteiger partial charge is 0.460 e. The van der Waals surface area contributed by atoms with Gasteiger partial charge in [0, 0.05) is 45.0 Å². The molecule has 1 amide bonds. The molecule has 0 aromatic carbocycles. The molecule has 0 rings (SSSR count). The normalized spacial score (nSPS) is 15.2. The summed E-state index contributed by atoms with van der Waals surface area (Å²) in [5, 5.41) is 41.4. The van der Waals surface area contributed by atoms with E-state index < -0.39 is 54.9 Å². The predicted molar refractivity (Wildman–Crippen MR) is 137 cm³/mol. The van der Waals surface area contributed by atoms with Crippen LogP contribution in [0.1, 0.15) is 20.8 Å². The molecule has 0 aromatic rings. The molecule has 0 aliphatic carbocycles. The molecular weight excluding hydrogens is 504 g/mol. The van der Waals surface area contributed by atoms with E-state index in [9.17, 15) is 34.8 Å². The standard InChI is InChI=1S/C25H44N2O11/c1-16(2)24(33)37-14-21(30)9-26(8-19(28)12-35-6)18(5)23(32)27(10-20(29)13-36-7)11-22(31)15-38-25(34)17(3)4/h18-22,28-31H,1,3,8-15H2,2,4-7H3. The first-order chi connectivity index (χ1) is 17.7. The summed E-state index contributed by atoms with van der Waals surface area (Å²) >= 11 is 0. The van der Waals surface area contributed by atoms with Gasteiger partial charge in [-0.15, -0.1) is 0 Å². The van der Waals surface area contributed by atoms with Crippen LogP contribution in [0.3, 0.4) is 0 Å². The Morgan fingerprint density at radius 1 is 0.684 bits per heavy atom. The highest BCUT2D eigenvalue weighted by molar-refractivity contribution is 5.87. The summed E-state index contributed by atoms with van der Waals surface area (Å²) in [6.07, 6.45) is -4.58. The molecule has 4 N–H and O–H groups in total. The minimum atomic E-state index is -1.27. The SMILES string of the molecule is C=C(C)C(=O)OCC(O)CN(CC(O)COC)C(=O)C(C)N(CC(O)COC)CC(O)COC(=O)C(=C)C. The van der Waals surface area contributed by atoms with Crippen molar-refractivity contribution < 1.29 is 53.8 Å². The molecule has 0 saturated carbocycles. The van der Waals surface area contributed by atoms with Gasteiger partial charge < -0.3 is 44.3 Å². The number of methoxy groups -OCH3 is 2. The number of hydrogen-bond donors (Lipinski definition) is 4. The maximum absolute atomic E-state index is 13.5. The van der Waals surface area contributed by atoms with Crippen molar-refractivity contribution in [2.45, 2.75) is 51.2 Å². The van der Waals surface area contributed by atoms with Gasteiger partial charge in [-0.25, -0.2) is 9.59 Å². The highest BCUT2D eigenvalue weighted by Crippen LogP contribution is 2.11. The number of hydrogen-bond acceptors (Lipinski definition) is 12. The van der Waals surface area contributed by atoms with E-state index in [2.05, 4.69) is 13.2 Å². The van der Waals surface area contributed by atoms with Crippen LogP contribution in [-0.2, 0) is 33.3 Å². The minimum absolute atomic E-state index is 0.0405. The zero-order valence-corrected chi connectivity index (χ0v) is 23.0. The van der Waals surface area contributed by atoms with E-state index in [0.717, 1.165) is 0 Å². The summed E-state index contributed by atoms with van der Waals surface area (Å²) in [6.45, 7) is 9.72. The zero-order chi connectivity index (χ0) is 29.4. The second kappa shape index (κ2) is 18.8. The smallest absolute Gasteiger partial charge is 0.333 e. The van der Waals surface area contributed by atoms with Gasteiger partial charge in [0.1, 0.15) is 25.4 Å². The van der Waals surface area contributed by atoms with Crippen LogP contribution in [0, 0.1) is 0 Å². The first-order valence-corrected chi connectivity index (χ1v) is 12.1. The van der Waals surface area contributed by atoms with Crippen molar-refractivity contribution in [3.8, 4) is 0 Å². The molecule has 0 radical (unpaired) electrons. The van der Waals surface area contributed by atoms with Crippen molar-refractivity contribution in [3.63, 3.8) is 0 Å². The molecule has 0 saturated heterocycles. The van der Waals surface area contributed by atoms with Gasteiger partial charge in [0.2, 0.25) is 5.91 Å². The lowest BCUT2D eigenvalue weighted by Crippen LogP contribution is -2.55. The first-order valence-electron chi connectivity index (χ1n) is 12.1. The highest BCUT2D eigenvalue weighted by Gasteiger charge is 2.31. The maximum atomic E-state index is 13.5. The molecule has 0 spiro atoms. The number of nitrogens with zero attached hydrogens (tertiary/aromatic N) is 2. The van der Waals surface area contributed by atoms with E-state index in [-0.39, 0.29) is 57.1 Å². The van der Waals surface area contributed by atoms with Crippen LogP contribution in [0.15, 0.2) is 24.3 Å². The van der Waals surface area contributed by atoms with Gasteiger partial charge in [0.05, 0.1) is 38.0 Å². The molecule has 220 valence electrons. The third kappa shape index (κ3) is 14.5. The van der Waals surface area contributed by atoms with Crippen molar-refractivity contribution in [1.29, 1.82) is 0 Å². The van der Waals surface area contributed by atoms with Crippen molar-refractivity contribution in [1.82, 2.24) is 9.80 Å². The number of esters is 2. The second-order valence-corrected chi connectivity index (χ2v) is 9.16. The molecule has 13 nitrogen and oxygen atoms in total. The number of aliphatic hydroxyl groups excluding tert-OH is 4. The van der Waals surface area contributed by atoms with Gasteiger partial charge in [0.25, 0.3) is 0 Å². The van der Waals surface area contributed by atoms with Crippen LogP contribution in [0.4, 0.5) is 0 Å². The summed E-state index contributed by atoms with van der Waals surface area (Å²) in [4.78, 5) is 39.4. The third-order valence-corrected chi connectivity index (χ3v) is 5.20. The van der Waals surface area contributed by atoms with E-state index in [1.165, 1.54) is 44.8 Å². The summed E-state index contributed by atoms with van der Waals surface area (Å²) in [6, 6.07) is -0.965. The number of amides is 1. The van der Waals surface area contributed by atoms with Crippen LogP contribution in [0.5, 0.6) is 0 Å². The van der Waals surface area contributed by atoms with Crippen LogP contribution < -0.4 is 0 Å².